The van der Waals surface area contributed by atoms with Gasteiger partial charge in [-0.1, -0.05) is 115 Å². The zero-order valence-corrected chi connectivity index (χ0v) is 18.4. The molecule has 0 heterocycles. The molecule has 0 aliphatic heterocycles. The fraction of sp³-hybridized carbons (Fsp3) is 0.133. The summed E-state index contributed by atoms with van der Waals surface area (Å²) in [6.45, 7) is 2.70. The summed E-state index contributed by atoms with van der Waals surface area (Å²) in [7, 11) is 0. The highest BCUT2D eigenvalue weighted by atomic mass is 14.8. The maximum Gasteiger partial charge on any atom is 0.0395 e. The quantitative estimate of drug-likeness (QED) is 0.277. The second-order valence-corrected chi connectivity index (χ2v) is 7.87. The first-order valence-corrected chi connectivity index (χ1v) is 11.3. The van der Waals surface area contributed by atoms with Gasteiger partial charge in [-0.05, 0) is 52.5 Å². The number of benzene rings is 4. The molecule has 160 valence electrons. The highest BCUT2D eigenvalue weighted by molar-refractivity contribution is 5.64. The standard InChI is InChI=1S/C30H30N2/c1-3-9-27(10-4-1)29-17-13-25(14-18-29)23-31-21-7-8-22-32-24-26-15-19-30(20-16-26)28-11-5-2-6-12-28/h1-7,9-21,31-32H,8,22-24H2/b21-7+. The lowest BCUT2D eigenvalue weighted by atomic mass is 10.0. The van der Waals surface area contributed by atoms with Crippen LogP contribution in [0.15, 0.2) is 121 Å². The summed E-state index contributed by atoms with van der Waals surface area (Å²) in [6.07, 6.45) is 5.24. The fourth-order valence-electron chi connectivity index (χ4n) is 3.65. The summed E-state index contributed by atoms with van der Waals surface area (Å²) in [4.78, 5) is 0. The van der Waals surface area contributed by atoms with Crippen LogP contribution in [0, 0.1) is 0 Å². The van der Waals surface area contributed by atoms with Crippen LogP contribution in [0.1, 0.15) is 17.5 Å². The topological polar surface area (TPSA) is 24.1 Å². The maximum atomic E-state index is 3.51. The molecule has 0 aliphatic rings. The zero-order chi connectivity index (χ0) is 21.8. The molecule has 4 aromatic carbocycles. The van der Waals surface area contributed by atoms with E-state index in [1.807, 2.05) is 6.07 Å². The lowest BCUT2D eigenvalue weighted by Gasteiger charge is -2.06. The van der Waals surface area contributed by atoms with Crippen molar-refractivity contribution in [2.45, 2.75) is 19.5 Å². The average Bonchev–Trinajstić information content (AvgIpc) is 2.87. The van der Waals surface area contributed by atoms with Crippen LogP contribution in [-0.4, -0.2) is 6.54 Å². The van der Waals surface area contributed by atoms with Gasteiger partial charge in [0, 0.05) is 13.1 Å². The van der Waals surface area contributed by atoms with Crippen LogP contribution < -0.4 is 10.6 Å². The van der Waals surface area contributed by atoms with Gasteiger partial charge in [0.2, 0.25) is 0 Å². The van der Waals surface area contributed by atoms with E-state index in [-0.39, 0.29) is 0 Å². The number of hydrogen-bond acceptors (Lipinski definition) is 2. The minimum absolute atomic E-state index is 0.840. The Hall–Kier alpha value is -3.62. The van der Waals surface area contributed by atoms with Crippen molar-refractivity contribution < 1.29 is 0 Å². The first kappa shape index (κ1) is 21.6. The molecule has 2 N–H and O–H groups in total. The molecule has 0 atom stereocenters. The van der Waals surface area contributed by atoms with Crippen LogP contribution >= 0.6 is 0 Å². The molecule has 0 aromatic heterocycles. The SMILES string of the molecule is C(=C\NCc1ccc(-c2ccccc2)cc1)/CCNCc1ccc(-c2ccccc2)cc1. The van der Waals surface area contributed by atoms with Crippen LogP contribution in [0.25, 0.3) is 22.3 Å². The van der Waals surface area contributed by atoms with E-state index in [9.17, 15) is 0 Å². The normalized spacial score (nSPS) is 11.0. The third kappa shape index (κ3) is 6.44. The molecule has 32 heavy (non-hydrogen) atoms. The predicted molar refractivity (Wildman–Crippen MR) is 136 cm³/mol. The molecule has 0 fully saturated rings. The molecule has 0 saturated carbocycles. The number of nitrogens with one attached hydrogen (secondary N) is 2. The summed E-state index contributed by atoms with van der Waals surface area (Å²) in [5, 5.41) is 6.90. The van der Waals surface area contributed by atoms with E-state index < -0.39 is 0 Å². The third-order valence-electron chi connectivity index (χ3n) is 5.48. The Bertz CT molecular complexity index is 1080. The summed E-state index contributed by atoms with van der Waals surface area (Å²) in [6, 6.07) is 38.5. The van der Waals surface area contributed by atoms with Gasteiger partial charge in [0.05, 0.1) is 0 Å². The zero-order valence-electron chi connectivity index (χ0n) is 18.4. The molecule has 0 aliphatic carbocycles. The van der Waals surface area contributed by atoms with E-state index in [1.165, 1.54) is 33.4 Å². The molecule has 2 heteroatoms. The Morgan fingerprint density at radius 2 is 0.969 bits per heavy atom. The molecule has 4 aromatic rings. The van der Waals surface area contributed by atoms with Crippen LogP contribution in [0.2, 0.25) is 0 Å². The molecule has 0 radical (unpaired) electrons. The van der Waals surface area contributed by atoms with Crippen molar-refractivity contribution in [3.63, 3.8) is 0 Å². The Balaban J connectivity index is 1.12. The molecule has 0 amide bonds. The summed E-state index contributed by atoms with van der Waals surface area (Å²) in [5.74, 6) is 0. The van der Waals surface area contributed by atoms with E-state index >= 15 is 0 Å². The summed E-state index contributed by atoms with van der Waals surface area (Å²) in [5.41, 5.74) is 7.63. The van der Waals surface area contributed by atoms with Crippen LogP contribution in [-0.2, 0) is 13.1 Å². The monoisotopic (exact) mass is 418 g/mol. The second-order valence-electron chi connectivity index (χ2n) is 7.87. The Kier molecular flexibility index (Phi) is 7.89. The molecule has 0 saturated heterocycles. The molecule has 2 nitrogen and oxygen atoms in total. The minimum atomic E-state index is 0.840. The largest absolute Gasteiger partial charge is 0.387 e. The van der Waals surface area contributed by atoms with Gasteiger partial charge in [-0.3, -0.25) is 0 Å². The van der Waals surface area contributed by atoms with Crippen molar-refractivity contribution in [3.8, 4) is 22.3 Å². The van der Waals surface area contributed by atoms with Crippen LogP contribution in [0.3, 0.4) is 0 Å². The Morgan fingerprint density at radius 1 is 0.500 bits per heavy atom. The minimum Gasteiger partial charge on any atom is -0.387 e. The summed E-state index contributed by atoms with van der Waals surface area (Å²) >= 11 is 0. The maximum absolute atomic E-state index is 3.51. The Labute approximate surface area is 191 Å². The Morgan fingerprint density at radius 3 is 1.50 bits per heavy atom. The van der Waals surface area contributed by atoms with E-state index in [0.717, 1.165) is 26.1 Å². The van der Waals surface area contributed by atoms with Crippen molar-refractivity contribution in [1.29, 1.82) is 0 Å². The van der Waals surface area contributed by atoms with E-state index in [0.29, 0.717) is 0 Å². The van der Waals surface area contributed by atoms with Crippen LogP contribution in [0.4, 0.5) is 0 Å². The van der Waals surface area contributed by atoms with Crippen molar-refractivity contribution in [1.82, 2.24) is 10.6 Å². The molecule has 0 spiro atoms. The first-order chi connectivity index (χ1) is 15.9. The highest BCUT2D eigenvalue weighted by Gasteiger charge is 1.98. The summed E-state index contributed by atoms with van der Waals surface area (Å²) < 4.78 is 0. The van der Waals surface area contributed by atoms with Gasteiger partial charge in [-0.15, -0.1) is 0 Å². The van der Waals surface area contributed by atoms with Crippen molar-refractivity contribution >= 4 is 0 Å². The number of rotatable bonds is 10. The molecule has 4 rings (SSSR count). The average molecular weight is 419 g/mol. The van der Waals surface area contributed by atoms with Gasteiger partial charge in [0.15, 0.2) is 0 Å². The van der Waals surface area contributed by atoms with Crippen molar-refractivity contribution in [2.75, 3.05) is 6.54 Å². The van der Waals surface area contributed by atoms with Gasteiger partial charge >= 0.3 is 0 Å². The molecule has 0 bridgehead atoms. The van der Waals surface area contributed by atoms with Crippen molar-refractivity contribution in [2.24, 2.45) is 0 Å². The number of hydrogen-bond donors (Lipinski definition) is 2. The van der Waals surface area contributed by atoms with E-state index in [4.69, 9.17) is 0 Å². The highest BCUT2D eigenvalue weighted by Crippen LogP contribution is 2.20. The second kappa shape index (κ2) is 11.7. The molecular weight excluding hydrogens is 388 g/mol. The van der Waals surface area contributed by atoms with Gasteiger partial charge < -0.3 is 10.6 Å². The van der Waals surface area contributed by atoms with Gasteiger partial charge in [0.1, 0.15) is 0 Å². The predicted octanol–water partition coefficient (Wildman–Crippen LogP) is 6.80. The van der Waals surface area contributed by atoms with E-state index in [2.05, 4.69) is 126 Å². The van der Waals surface area contributed by atoms with Crippen LogP contribution in [0.5, 0.6) is 0 Å². The lowest BCUT2D eigenvalue weighted by Crippen LogP contribution is -2.14. The lowest BCUT2D eigenvalue weighted by molar-refractivity contribution is 0.693. The van der Waals surface area contributed by atoms with Gasteiger partial charge in [-0.25, -0.2) is 0 Å². The third-order valence-corrected chi connectivity index (χ3v) is 5.48. The van der Waals surface area contributed by atoms with E-state index in [1.54, 1.807) is 0 Å². The fourth-order valence-corrected chi connectivity index (χ4v) is 3.65. The molecule has 0 unspecified atom stereocenters. The molecular formula is C30H30N2. The first-order valence-electron chi connectivity index (χ1n) is 11.3. The smallest absolute Gasteiger partial charge is 0.0395 e. The van der Waals surface area contributed by atoms with Crippen molar-refractivity contribution in [3.05, 3.63) is 133 Å². The van der Waals surface area contributed by atoms with Gasteiger partial charge in [0.25, 0.3) is 0 Å². The van der Waals surface area contributed by atoms with Gasteiger partial charge in [-0.2, -0.15) is 0 Å².